The minimum absolute atomic E-state index is 0.498. The van der Waals surface area contributed by atoms with Crippen LogP contribution in [0.25, 0.3) is 0 Å². The largest absolute Gasteiger partial charge is 0.311 e. The predicted octanol–water partition coefficient (Wildman–Crippen LogP) is 3.27. The van der Waals surface area contributed by atoms with Gasteiger partial charge < -0.3 is 5.32 Å². The van der Waals surface area contributed by atoms with Crippen LogP contribution in [0, 0.1) is 0 Å². The highest BCUT2D eigenvalue weighted by molar-refractivity contribution is 4.92. The standard InChI is InChI=1S/C12H23N/c1-3-5-6-9-12(8-4-2)10-7-11-13-12/h3,13H,1,4-11H2,2H3. The van der Waals surface area contributed by atoms with Crippen LogP contribution in [0.4, 0.5) is 0 Å². The first-order valence-electron chi connectivity index (χ1n) is 5.69. The van der Waals surface area contributed by atoms with Crippen molar-refractivity contribution in [3.8, 4) is 0 Å². The van der Waals surface area contributed by atoms with Crippen LogP contribution >= 0.6 is 0 Å². The summed E-state index contributed by atoms with van der Waals surface area (Å²) in [7, 11) is 0. The lowest BCUT2D eigenvalue weighted by atomic mass is 9.86. The van der Waals surface area contributed by atoms with E-state index < -0.39 is 0 Å². The molecule has 1 heteroatoms. The molecule has 0 aromatic carbocycles. The third-order valence-corrected chi connectivity index (χ3v) is 3.12. The topological polar surface area (TPSA) is 12.0 Å². The van der Waals surface area contributed by atoms with E-state index in [-0.39, 0.29) is 0 Å². The van der Waals surface area contributed by atoms with E-state index in [2.05, 4.69) is 18.8 Å². The maximum absolute atomic E-state index is 3.77. The molecule has 0 radical (unpaired) electrons. The van der Waals surface area contributed by atoms with Crippen molar-refractivity contribution in [1.82, 2.24) is 5.32 Å². The second-order valence-corrected chi connectivity index (χ2v) is 4.24. The highest BCUT2D eigenvalue weighted by Gasteiger charge is 2.31. The molecule has 0 amide bonds. The lowest BCUT2D eigenvalue weighted by Gasteiger charge is -2.29. The normalized spacial score (nSPS) is 27.8. The van der Waals surface area contributed by atoms with Gasteiger partial charge in [-0.2, -0.15) is 0 Å². The molecule has 0 aromatic heterocycles. The molecule has 0 saturated carbocycles. The molecular weight excluding hydrogens is 158 g/mol. The number of nitrogens with one attached hydrogen (secondary N) is 1. The van der Waals surface area contributed by atoms with Crippen LogP contribution in [-0.4, -0.2) is 12.1 Å². The summed E-state index contributed by atoms with van der Waals surface area (Å²) in [6.45, 7) is 7.29. The van der Waals surface area contributed by atoms with E-state index in [1.807, 2.05) is 6.08 Å². The first-order valence-corrected chi connectivity index (χ1v) is 5.69. The SMILES string of the molecule is C=CCCCC1(CCC)CCCN1. The van der Waals surface area contributed by atoms with Gasteiger partial charge in [-0.1, -0.05) is 19.4 Å². The van der Waals surface area contributed by atoms with Gasteiger partial charge in [0.25, 0.3) is 0 Å². The number of allylic oxidation sites excluding steroid dienone is 1. The van der Waals surface area contributed by atoms with Crippen molar-refractivity contribution in [1.29, 1.82) is 0 Å². The minimum Gasteiger partial charge on any atom is -0.311 e. The summed E-state index contributed by atoms with van der Waals surface area (Å²) in [5, 5.41) is 3.70. The van der Waals surface area contributed by atoms with Gasteiger partial charge in [-0.25, -0.2) is 0 Å². The van der Waals surface area contributed by atoms with E-state index in [0.29, 0.717) is 5.54 Å². The lowest BCUT2D eigenvalue weighted by Crippen LogP contribution is -2.39. The van der Waals surface area contributed by atoms with Crippen molar-refractivity contribution in [2.45, 2.75) is 57.4 Å². The average Bonchev–Trinajstić information content (AvgIpc) is 2.55. The molecule has 1 N–H and O–H groups in total. The van der Waals surface area contributed by atoms with Gasteiger partial charge in [-0.3, -0.25) is 0 Å². The Balaban J connectivity index is 2.32. The molecule has 0 aromatic rings. The first-order chi connectivity index (χ1) is 6.33. The Labute approximate surface area is 82.6 Å². The van der Waals surface area contributed by atoms with Crippen molar-refractivity contribution >= 4 is 0 Å². The Morgan fingerprint density at radius 2 is 2.31 bits per heavy atom. The second-order valence-electron chi connectivity index (χ2n) is 4.24. The maximum atomic E-state index is 3.77. The minimum atomic E-state index is 0.498. The van der Waals surface area contributed by atoms with Crippen LogP contribution < -0.4 is 5.32 Å². The summed E-state index contributed by atoms with van der Waals surface area (Å²) in [5.41, 5.74) is 0.498. The number of hydrogen-bond donors (Lipinski definition) is 1. The molecule has 1 aliphatic rings. The van der Waals surface area contributed by atoms with E-state index in [9.17, 15) is 0 Å². The molecule has 1 fully saturated rings. The predicted molar refractivity (Wildman–Crippen MR) is 58.9 cm³/mol. The van der Waals surface area contributed by atoms with Crippen molar-refractivity contribution in [3.05, 3.63) is 12.7 Å². The molecule has 0 aliphatic carbocycles. The summed E-state index contributed by atoms with van der Waals surface area (Å²) in [6, 6.07) is 0. The molecule has 1 nitrogen and oxygen atoms in total. The van der Waals surface area contributed by atoms with E-state index >= 15 is 0 Å². The van der Waals surface area contributed by atoms with Crippen LogP contribution in [0.5, 0.6) is 0 Å². The number of rotatable bonds is 6. The van der Waals surface area contributed by atoms with Gasteiger partial charge in [0.2, 0.25) is 0 Å². The third-order valence-electron chi connectivity index (χ3n) is 3.12. The fourth-order valence-corrected chi connectivity index (χ4v) is 2.48. The van der Waals surface area contributed by atoms with Gasteiger partial charge in [0.05, 0.1) is 0 Å². The van der Waals surface area contributed by atoms with Crippen molar-refractivity contribution in [3.63, 3.8) is 0 Å². The first kappa shape index (κ1) is 10.8. The zero-order valence-electron chi connectivity index (χ0n) is 8.94. The molecule has 1 heterocycles. The van der Waals surface area contributed by atoms with Gasteiger partial charge in [-0.15, -0.1) is 6.58 Å². The summed E-state index contributed by atoms with van der Waals surface area (Å²) in [5.74, 6) is 0. The Kier molecular flexibility index (Phi) is 4.51. The Bertz CT molecular complexity index is 145. The molecule has 1 atom stereocenters. The van der Waals surface area contributed by atoms with E-state index in [0.717, 1.165) is 0 Å². The van der Waals surface area contributed by atoms with Crippen LogP contribution in [0.3, 0.4) is 0 Å². The van der Waals surface area contributed by atoms with Crippen LogP contribution in [0.15, 0.2) is 12.7 Å². The van der Waals surface area contributed by atoms with Gasteiger partial charge >= 0.3 is 0 Å². The van der Waals surface area contributed by atoms with Gasteiger partial charge in [0, 0.05) is 5.54 Å². The van der Waals surface area contributed by atoms with E-state index in [1.54, 1.807) is 0 Å². The van der Waals surface area contributed by atoms with Crippen molar-refractivity contribution < 1.29 is 0 Å². The Morgan fingerprint density at radius 3 is 2.85 bits per heavy atom. The highest BCUT2D eigenvalue weighted by atomic mass is 15.0. The molecule has 0 spiro atoms. The molecule has 1 aliphatic heterocycles. The monoisotopic (exact) mass is 181 g/mol. The molecular formula is C12H23N. The summed E-state index contributed by atoms with van der Waals surface area (Å²) in [6.07, 6.45) is 11.3. The molecule has 0 bridgehead atoms. The fraction of sp³-hybridized carbons (Fsp3) is 0.833. The smallest absolute Gasteiger partial charge is 0.0182 e. The quantitative estimate of drug-likeness (QED) is 0.490. The lowest BCUT2D eigenvalue weighted by molar-refractivity contribution is 0.313. The Morgan fingerprint density at radius 1 is 1.46 bits per heavy atom. The van der Waals surface area contributed by atoms with Crippen LogP contribution in [-0.2, 0) is 0 Å². The summed E-state index contributed by atoms with van der Waals surface area (Å²) in [4.78, 5) is 0. The maximum Gasteiger partial charge on any atom is 0.0182 e. The van der Waals surface area contributed by atoms with Crippen molar-refractivity contribution in [2.75, 3.05) is 6.54 Å². The molecule has 1 saturated heterocycles. The van der Waals surface area contributed by atoms with Gasteiger partial charge in [-0.05, 0) is 45.1 Å². The third kappa shape index (κ3) is 3.15. The highest BCUT2D eigenvalue weighted by Crippen LogP contribution is 2.29. The zero-order chi connectivity index (χ0) is 9.57. The summed E-state index contributed by atoms with van der Waals surface area (Å²) >= 11 is 0. The number of hydrogen-bond acceptors (Lipinski definition) is 1. The molecule has 13 heavy (non-hydrogen) atoms. The van der Waals surface area contributed by atoms with Crippen LogP contribution in [0.1, 0.15) is 51.9 Å². The Hall–Kier alpha value is -0.300. The molecule has 1 unspecified atom stereocenters. The van der Waals surface area contributed by atoms with E-state index in [1.165, 1.54) is 51.5 Å². The average molecular weight is 181 g/mol. The number of unbranched alkanes of at least 4 members (excludes halogenated alkanes) is 1. The van der Waals surface area contributed by atoms with Gasteiger partial charge in [0.1, 0.15) is 0 Å². The second kappa shape index (κ2) is 5.43. The van der Waals surface area contributed by atoms with Crippen LogP contribution in [0.2, 0.25) is 0 Å². The van der Waals surface area contributed by atoms with Crippen molar-refractivity contribution in [2.24, 2.45) is 0 Å². The van der Waals surface area contributed by atoms with Gasteiger partial charge in [0.15, 0.2) is 0 Å². The summed E-state index contributed by atoms with van der Waals surface area (Å²) < 4.78 is 0. The fourth-order valence-electron chi connectivity index (χ4n) is 2.48. The zero-order valence-corrected chi connectivity index (χ0v) is 8.94. The molecule has 76 valence electrons. The van der Waals surface area contributed by atoms with E-state index in [4.69, 9.17) is 0 Å². The molecule has 1 rings (SSSR count).